The maximum absolute atomic E-state index is 12.4. The van der Waals surface area contributed by atoms with Crippen LogP contribution in [0.15, 0.2) is 48.8 Å². The van der Waals surface area contributed by atoms with E-state index < -0.39 is 5.97 Å². The molecule has 0 fully saturated rings. The average molecular weight is 309 g/mol. The van der Waals surface area contributed by atoms with Crippen LogP contribution in [-0.2, 0) is 11.8 Å². The zero-order chi connectivity index (χ0) is 16.4. The van der Waals surface area contributed by atoms with Crippen LogP contribution in [0.1, 0.15) is 20.7 Å². The molecule has 2 aromatic carbocycles. The molecule has 3 aromatic rings. The summed E-state index contributed by atoms with van der Waals surface area (Å²) in [5.41, 5.74) is 2.86. The highest BCUT2D eigenvalue weighted by Crippen LogP contribution is 2.19. The molecule has 1 aromatic heterocycles. The number of hydrogen-bond acceptors (Lipinski definition) is 4. The Morgan fingerprint density at radius 1 is 1.17 bits per heavy atom. The van der Waals surface area contributed by atoms with Crippen molar-refractivity contribution in [2.75, 3.05) is 12.4 Å². The quantitative estimate of drug-likeness (QED) is 0.755. The number of benzene rings is 2. The molecule has 23 heavy (non-hydrogen) atoms. The summed E-state index contributed by atoms with van der Waals surface area (Å²) in [6.07, 6.45) is 1.69. The minimum Gasteiger partial charge on any atom is -0.465 e. The van der Waals surface area contributed by atoms with E-state index in [4.69, 9.17) is 4.74 Å². The smallest absolute Gasteiger partial charge is 0.339 e. The van der Waals surface area contributed by atoms with Crippen molar-refractivity contribution in [1.82, 2.24) is 9.55 Å². The topological polar surface area (TPSA) is 73.2 Å². The molecule has 1 N–H and O–H groups in total. The number of esters is 1. The molecular formula is C17H15N3O3. The van der Waals surface area contributed by atoms with E-state index in [-0.39, 0.29) is 5.91 Å². The van der Waals surface area contributed by atoms with Gasteiger partial charge in [-0.1, -0.05) is 12.1 Å². The number of nitrogens with zero attached hydrogens (tertiary/aromatic N) is 2. The maximum Gasteiger partial charge on any atom is 0.339 e. The Balaban J connectivity index is 1.90. The highest BCUT2D eigenvalue weighted by Gasteiger charge is 2.15. The third-order valence-electron chi connectivity index (χ3n) is 3.57. The number of carbonyl (C=O) groups is 2. The molecule has 6 nitrogen and oxygen atoms in total. The highest BCUT2D eigenvalue weighted by atomic mass is 16.5. The van der Waals surface area contributed by atoms with Crippen LogP contribution in [0.25, 0.3) is 11.0 Å². The third kappa shape index (κ3) is 2.78. The fourth-order valence-electron chi connectivity index (χ4n) is 2.35. The van der Waals surface area contributed by atoms with Gasteiger partial charge >= 0.3 is 5.97 Å². The minimum absolute atomic E-state index is 0.308. The van der Waals surface area contributed by atoms with Crippen LogP contribution < -0.4 is 5.32 Å². The summed E-state index contributed by atoms with van der Waals surface area (Å²) in [4.78, 5) is 28.4. The zero-order valence-corrected chi connectivity index (χ0v) is 12.7. The van der Waals surface area contributed by atoms with Crippen LogP contribution in [-0.4, -0.2) is 28.5 Å². The normalized spacial score (nSPS) is 10.5. The van der Waals surface area contributed by atoms with Gasteiger partial charge in [0.25, 0.3) is 5.91 Å². The van der Waals surface area contributed by atoms with Crippen molar-refractivity contribution >= 4 is 28.6 Å². The Labute approximate surface area is 132 Å². The Morgan fingerprint density at radius 2 is 1.96 bits per heavy atom. The van der Waals surface area contributed by atoms with Crippen LogP contribution in [0.5, 0.6) is 0 Å². The number of imidazole rings is 1. The molecule has 0 spiro atoms. The molecule has 6 heteroatoms. The van der Waals surface area contributed by atoms with Gasteiger partial charge in [-0.15, -0.1) is 0 Å². The van der Waals surface area contributed by atoms with E-state index in [1.165, 1.54) is 7.11 Å². The standard InChI is InChI=1S/C17H15N3O3/c1-20-10-18-14-9-11(7-8-15(14)20)16(21)19-13-6-4-3-5-12(13)17(22)23-2/h3-10H,1-2H3,(H,19,21). The first-order valence-corrected chi connectivity index (χ1v) is 7.00. The van der Waals surface area contributed by atoms with Gasteiger partial charge in [0.05, 0.1) is 35.7 Å². The van der Waals surface area contributed by atoms with Crippen molar-refractivity contribution in [3.63, 3.8) is 0 Å². The Morgan fingerprint density at radius 3 is 2.74 bits per heavy atom. The second kappa shape index (κ2) is 5.92. The second-order valence-corrected chi connectivity index (χ2v) is 5.05. The molecule has 1 heterocycles. The molecule has 0 bridgehead atoms. The zero-order valence-electron chi connectivity index (χ0n) is 12.7. The number of methoxy groups -OCH3 is 1. The van der Waals surface area contributed by atoms with Crippen molar-refractivity contribution in [3.05, 3.63) is 59.9 Å². The number of fused-ring (bicyclic) bond motifs is 1. The van der Waals surface area contributed by atoms with Gasteiger partial charge in [-0.05, 0) is 30.3 Å². The molecular weight excluding hydrogens is 294 g/mol. The lowest BCUT2D eigenvalue weighted by molar-refractivity contribution is 0.0602. The van der Waals surface area contributed by atoms with E-state index in [9.17, 15) is 9.59 Å². The second-order valence-electron chi connectivity index (χ2n) is 5.05. The molecule has 1 amide bonds. The minimum atomic E-state index is -0.499. The Hall–Kier alpha value is -3.15. The van der Waals surface area contributed by atoms with Gasteiger partial charge in [0.2, 0.25) is 0 Å². The van der Waals surface area contributed by atoms with E-state index >= 15 is 0 Å². The van der Waals surface area contributed by atoms with Crippen LogP contribution in [0, 0.1) is 0 Å². The molecule has 3 rings (SSSR count). The highest BCUT2D eigenvalue weighted by molar-refractivity contribution is 6.09. The molecule has 0 atom stereocenters. The molecule has 0 saturated heterocycles. The average Bonchev–Trinajstić information content (AvgIpc) is 2.95. The van der Waals surface area contributed by atoms with Crippen LogP contribution >= 0.6 is 0 Å². The van der Waals surface area contributed by atoms with Gasteiger partial charge < -0.3 is 14.6 Å². The number of aromatic nitrogens is 2. The van der Waals surface area contributed by atoms with E-state index in [0.717, 1.165) is 11.0 Å². The molecule has 0 saturated carbocycles. The summed E-state index contributed by atoms with van der Waals surface area (Å²) in [6, 6.07) is 12.0. The number of anilines is 1. The SMILES string of the molecule is COC(=O)c1ccccc1NC(=O)c1ccc2c(c1)ncn2C. The van der Waals surface area contributed by atoms with Crippen molar-refractivity contribution < 1.29 is 14.3 Å². The lowest BCUT2D eigenvalue weighted by Crippen LogP contribution is -2.15. The largest absolute Gasteiger partial charge is 0.465 e. The Bertz CT molecular complexity index is 899. The maximum atomic E-state index is 12.4. The fourth-order valence-corrected chi connectivity index (χ4v) is 2.35. The van der Waals surface area contributed by atoms with Gasteiger partial charge in [0, 0.05) is 12.6 Å². The number of carbonyl (C=O) groups excluding carboxylic acids is 2. The van der Waals surface area contributed by atoms with Crippen molar-refractivity contribution in [3.8, 4) is 0 Å². The van der Waals surface area contributed by atoms with E-state index in [2.05, 4.69) is 10.3 Å². The van der Waals surface area contributed by atoms with E-state index in [1.54, 1.807) is 42.7 Å². The molecule has 0 aliphatic carbocycles. The first-order valence-electron chi connectivity index (χ1n) is 7.00. The van der Waals surface area contributed by atoms with Crippen molar-refractivity contribution in [1.29, 1.82) is 0 Å². The predicted octanol–water partition coefficient (Wildman–Crippen LogP) is 2.61. The summed E-state index contributed by atoms with van der Waals surface area (Å²) < 4.78 is 6.60. The summed E-state index contributed by atoms with van der Waals surface area (Å²) in [6.45, 7) is 0. The molecule has 0 aliphatic rings. The summed E-state index contributed by atoms with van der Waals surface area (Å²) in [5, 5.41) is 2.74. The number of para-hydroxylation sites is 1. The first-order chi connectivity index (χ1) is 11.1. The Kier molecular flexibility index (Phi) is 3.80. The summed E-state index contributed by atoms with van der Waals surface area (Å²) >= 11 is 0. The fraction of sp³-hybridized carbons (Fsp3) is 0.118. The van der Waals surface area contributed by atoms with Gasteiger partial charge in [-0.2, -0.15) is 0 Å². The number of ether oxygens (including phenoxy) is 1. The number of aryl methyl sites for hydroxylation is 1. The van der Waals surface area contributed by atoms with E-state index in [1.807, 2.05) is 17.7 Å². The van der Waals surface area contributed by atoms with Crippen molar-refractivity contribution in [2.45, 2.75) is 0 Å². The monoisotopic (exact) mass is 309 g/mol. The summed E-state index contributed by atoms with van der Waals surface area (Å²) in [7, 11) is 3.19. The van der Waals surface area contributed by atoms with Crippen LogP contribution in [0.2, 0.25) is 0 Å². The van der Waals surface area contributed by atoms with Gasteiger partial charge in [0.15, 0.2) is 0 Å². The molecule has 0 unspecified atom stereocenters. The lowest BCUT2D eigenvalue weighted by atomic mass is 10.1. The molecule has 116 valence electrons. The molecule has 0 radical (unpaired) electrons. The number of nitrogens with one attached hydrogen (secondary N) is 1. The van der Waals surface area contributed by atoms with Crippen LogP contribution in [0.4, 0.5) is 5.69 Å². The van der Waals surface area contributed by atoms with Crippen LogP contribution in [0.3, 0.4) is 0 Å². The first kappa shape index (κ1) is 14.8. The van der Waals surface area contributed by atoms with Gasteiger partial charge in [-0.25, -0.2) is 9.78 Å². The van der Waals surface area contributed by atoms with Gasteiger partial charge in [-0.3, -0.25) is 4.79 Å². The third-order valence-corrected chi connectivity index (χ3v) is 3.57. The summed E-state index contributed by atoms with van der Waals surface area (Å²) in [5.74, 6) is -0.810. The number of hydrogen-bond donors (Lipinski definition) is 1. The van der Waals surface area contributed by atoms with E-state index in [0.29, 0.717) is 16.8 Å². The number of amides is 1. The van der Waals surface area contributed by atoms with Gasteiger partial charge in [0.1, 0.15) is 0 Å². The molecule has 0 aliphatic heterocycles. The predicted molar refractivity (Wildman–Crippen MR) is 86.4 cm³/mol. The lowest BCUT2D eigenvalue weighted by Gasteiger charge is -2.09. The van der Waals surface area contributed by atoms with Crippen molar-refractivity contribution in [2.24, 2.45) is 7.05 Å². The number of rotatable bonds is 3.